The van der Waals surface area contributed by atoms with Crippen molar-refractivity contribution in [1.29, 1.82) is 0 Å². The van der Waals surface area contributed by atoms with Crippen LogP contribution in [0.1, 0.15) is 37.2 Å². The molecule has 0 spiro atoms. The molecule has 5 heteroatoms. The van der Waals surface area contributed by atoms with Crippen LogP contribution in [0.15, 0.2) is 42.5 Å². The summed E-state index contributed by atoms with van der Waals surface area (Å²) in [5.74, 6) is 0.572. The molecule has 0 atom stereocenters. The maximum Gasteiger partial charge on any atom is 0.276 e. The van der Waals surface area contributed by atoms with Gasteiger partial charge in [0.15, 0.2) is 11.5 Å². The van der Waals surface area contributed by atoms with Crippen molar-refractivity contribution < 1.29 is 4.79 Å². The van der Waals surface area contributed by atoms with Gasteiger partial charge in [-0.15, -0.1) is 10.2 Å². The Balaban J connectivity index is 2.05. The number of benzene rings is 1. The first kappa shape index (κ1) is 15.9. The number of carbonyl (C=O) groups is 1. The Hall–Kier alpha value is -2.43. The first-order valence-electron chi connectivity index (χ1n) is 7.69. The van der Waals surface area contributed by atoms with Crippen LogP contribution < -0.4 is 10.2 Å². The second kappa shape index (κ2) is 8.12. The Morgan fingerprint density at radius 3 is 2.23 bits per heavy atom. The van der Waals surface area contributed by atoms with Gasteiger partial charge in [-0.1, -0.05) is 32.0 Å². The second-order valence-corrected chi connectivity index (χ2v) is 5.08. The van der Waals surface area contributed by atoms with Gasteiger partial charge in [-0.05, 0) is 37.1 Å². The lowest BCUT2D eigenvalue weighted by molar-refractivity contribution is 0.102. The smallest absolute Gasteiger partial charge is 0.276 e. The molecular formula is C17H22N4O. The van der Waals surface area contributed by atoms with E-state index in [2.05, 4.69) is 34.3 Å². The van der Waals surface area contributed by atoms with Crippen LogP contribution in [0.4, 0.5) is 11.5 Å². The molecule has 0 aliphatic carbocycles. The highest BCUT2D eigenvalue weighted by Gasteiger charge is 2.11. The highest BCUT2D eigenvalue weighted by atomic mass is 16.1. The lowest BCUT2D eigenvalue weighted by Gasteiger charge is -2.21. The molecule has 2 rings (SSSR count). The number of hydrogen-bond acceptors (Lipinski definition) is 4. The Kier molecular flexibility index (Phi) is 5.89. The van der Waals surface area contributed by atoms with Gasteiger partial charge in [0.05, 0.1) is 0 Å². The summed E-state index contributed by atoms with van der Waals surface area (Å²) < 4.78 is 0. The molecule has 0 bridgehead atoms. The zero-order chi connectivity index (χ0) is 15.8. The van der Waals surface area contributed by atoms with Gasteiger partial charge in [-0.25, -0.2) is 0 Å². The van der Waals surface area contributed by atoms with Crippen LogP contribution in [0.5, 0.6) is 0 Å². The first-order valence-corrected chi connectivity index (χ1v) is 7.69. The molecule has 1 aromatic carbocycles. The summed E-state index contributed by atoms with van der Waals surface area (Å²) in [6.07, 6.45) is 2.11. The number of aromatic nitrogens is 2. The molecule has 0 fully saturated rings. The van der Waals surface area contributed by atoms with Crippen LogP contribution in [0.25, 0.3) is 0 Å². The van der Waals surface area contributed by atoms with E-state index < -0.39 is 0 Å². The van der Waals surface area contributed by atoms with Crippen molar-refractivity contribution in [2.45, 2.75) is 26.7 Å². The summed E-state index contributed by atoms with van der Waals surface area (Å²) in [6, 6.07) is 12.9. The summed E-state index contributed by atoms with van der Waals surface area (Å²) in [5, 5.41) is 11.1. The molecule has 1 N–H and O–H groups in total. The van der Waals surface area contributed by atoms with Gasteiger partial charge >= 0.3 is 0 Å². The van der Waals surface area contributed by atoms with E-state index >= 15 is 0 Å². The van der Waals surface area contributed by atoms with Crippen molar-refractivity contribution in [3.63, 3.8) is 0 Å². The van der Waals surface area contributed by atoms with E-state index in [1.165, 1.54) is 0 Å². The minimum atomic E-state index is -0.247. The molecule has 116 valence electrons. The predicted octanol–water partition coefficient (Wildman–Crippen LogP) is 3.36. The fourth-order valence-corrected chi connectivity index (χ4v) is 2.21. The molecular weight excluding hydrogens is 276 g/mol. The Labute approximate surface area is 131 Å². The largest absolute Gasteiger partial charge is 0.355 e. The highest BCUT2D eigenvalue weighted by Crippen LogP contribution is 2.12. The van der Waals surface area contributed by atoms with Gasteiger partial charge in [0.25, 0.3) is 5.91 Å². The zero-order valence-corrected chi connectivity index (χ0v) is 13.1. The maximum atomic E-state index is 12.1. The van der Waals surface area contributed by atoms with Gasteiger partial charge in [-0.2, -0.15) is 0 Å². The summed E-state index contributed by atoms with van der Waals surface area (Å²) in [6.45, 7) is 6.16. The third kappa shape index (κ3) is 4.28. The van der Waals surface area contributed by atoms with E-state index in [-0.39, 0.29) is 5.91 Å². The summed E-state index contributed by atoms with van der Waals surface area (Å²) in [4.78, 5) is 14.3. The van der Waals surface area contributed by atoms with E-state index in [1.54, 1.807) is 6.07 Å². The second-order valence-electron chi connectivity index (χ2n) is 5.08. The van der Waals surface area contributed by atoms with Gasteiger partial charge in [-0.3, -0.25) is 4.79 Å². The molecule has 1 aromatic heterocycles. The number of anilines is 2. The number of para-hydroxylation sites is 1. The van der Waals surface area contributed by atoms with E-state index in [0.29, 0.717) is 5.69 Å². The Morgan fingerprint density at radius 1 is 1.00 bits per heavy atom. The molecule has 0 aliphatic rings. The normalized spacial score (nSPS) is 10.3. The van der Waals surface area contributed by atoms with Crippen molar-refractivity contribution in [2.75, 3.05) is 23.3 Å². The van der Waals surface area contributed by atoms with Crippen LogP contribution in [0.3, 0.4) is 0 Å². The molecule has 0 radical (unpaired) electrons. The number of hydrogen-bond donors (Lipinski definition) is 1. The first-order chi connectivity index (χ1) is 10.7. The van der Waals surface area contributed by atoms with Crippen LogP contribution in [-0.4, -0.2) is 29.2 Å². The van der Waals surface area contributed by atoms with Gasteiger partial charge in [0, 0.05) is 18.8 Å². The van der Waals surface area contributed by atoms with Crippen molar-refractivity contribution in [3.8, 4) is 0 Å². The van der Waals surface area contributed by atoms with E-state index in [4.69, 9.17) is 0 Å². The van der Waals surface area contributed by atoms with Crippen LogP contribution >= 0.6 is 0 Å². The number of carbonyl (C=O) groups excluding carboxylic acids is 1. The molecule has 5 nitrogen and oxygen atoms in total. The minimum Gasteiger partial charge on any atom is -0.355 e. The fraction of sp³-hybridized carbons (Fsp3) is 0.353. The quantitative estimate of drug-likeness (QED) is 0.851. The van der Waals surface area contributed by atoms with E-state index in [0.717, 1.165) is 37.4 Å². The lowest BCUT2D eigenvalue weighted by atomic mass is 10.3. The molecule has 22 heavy (non-hydrogen) atoms. The molecule has 0 unspecified atom stereocenters. The number of amides is 1. The highest BCUT2D eigenvalue weighted by molar-refractivity contribution is 6.02. The predicted molar refractivity (Wildman–Crippen MR) is 89.2 cm³/mol. The molecule has 0 saturated heterocycles. The average Bonchev–Trinajstić information content (AvgIpc) is 2.56. The van der Waals surface area contributed by atoms with Crippen molar-refractivity contribution in [1.82, 2.24) is 10.2 Å². The van der Waals surface area contributed by atoms with Gasteiger partial charge < -0.3 is 10.2 Å². The van der Waals surface area contributed by atoms with Crippen LogP contribution in [0, 0.1) is 0 Å². The molecule has 0 aliphatic heterocycles. The lowest BCUT2D eigenvalue weighted by Crippen LogP contribution is -2.26. The third-order valence-corrected chi connectivity index (χ3v) is 3.23. The van der Waals surface area contributed by atoms with E-state index in [1.807, 2.05) is 36.4 Å². The molecule has 1 heterocycles. The summed E-state index contributed by atoms with van der Waals surface area (Å²) in [7, 11) is 0. The Morgan fingerprint density at radius 2 is 1.68 bits per heavy atom. The van der Waals surface area contributed by atoms with E-state index in [9.17, 15) is 4.79 Å². The maximum absolute atomic E-state index is 12.1. The number of nitrogens with zero attached hydrogens (tertiary/aromatic N) is 3. The topological polar surface area (TPSA) is 58.1 Å². The molecule has 0 saturated carbocycles. The number of rotatable bonds is 7. The van der Waals surface area contributed by atoms with Gasteiger partial charge in [0.1, 0.15) is 0 Å². The standard InChI is InChI=1S/C17H22N4O/c1-3-12-21(13-4-2)16-11-10-15(19-20-16)17(22)18-14-8-6-5-7-9-14/h5-11H,3-4,12-13H2,1-2H3,(H,18,22). The minimum absolute atomic E-state index is 0.247. The SMILES string of the molecule is CCCN(CCC)c1ccc(C(=O)Nc2ccccc2)nn1. The zero-order valence-electron chi connectivity index (χ0n) is 13.1. The van der Waals surface area contributed by atoms with Crippen LogP contribution in [0.2, 0.25) is 0 Å². The Bertz CT molecular complexity index is 577. The number of nitrogens with one attached hydrogen (secondary N) is 1. The summed E-state index contributed by atoms with van der Waals surface area (Å²) >= 11 is 0. The summed E-state index contributed by atoms with van der Waals surface area (Å²) in [5.41, 5.74) is 1.07. The fourth-order valence-electron chi connectivity index (χ4n) is 2.21. The van der Waals surface area contributed by atoms with Crippen molar-refractivity contribution in [3.05, 3.63) is 48.2 Å². The molecule has 1 amide bonds. The average molecular weight is 298 g/mol. The van der Waals surface area contributed by atoms with Crippen LogP contribution in [-0.2, 0) is 0 Å². The molecule has 2 aromatic rings. The third-order valence-electron chi connectivity index (χ3n) is 3.23. The van der Waals surface area contributed by atoms with Crippen molar-refractivity contribution in [2.24, 2.45) is 0 Å². The monoisotopic (exact) mass is 298 g/mol. The van der Waals surface area contributed by atoms with Crippen molar-refractivity contribution >= 4 is 17.4 Å². The van der Waals surface area contributed by atoms with Gasteiger partial charge in [0.2, 0.25) is 0 Å².